The number of rotatable bonds is 3. The van der Waals surface area contributed by atoms with E-state index in [1.807, 2.05) is 24.7 Å². The Bertz CT molecular complexity index is 538. The molecule has 1 aromatic heterocycles. The van der Waals surface area contributed by atoms with Crippen LogP contribution in [0.25, 0.3) is 11.1 Å². The highest BCUT2D eigenvalue weighted by atomic mass is 15.3. The van der Waals surface area contributed by atoms with Gasteiger partial charge in [-0.2, -0.15) is 5.10 Å². The maximum absolute atomic E-state index is 6.06. The number of hydrogen-bond donors (Lipinski definition) is 1. The molecule has 96 valence electrons. The first-order chi connectivity index (χ1) is 8.50. The monoisotopic (exact) mass is 243 g/mol. The Balaban J connectivity index is 2.62. The van der Waals surface area contributed by atoms with E-state index in [2.05, 4.69) is 43.3 Å². The van der Waals surface area contributed by atoms with Crippen LogP contribution in [-0.4, -0.2) is 9.78 Å². The number of benzene rings is 1. The van der Waals surface area contributed by atoms with Crippen molar-refractivity contribution in [3.8, 4) is 11.1 Å². The van der Waals surface area contributed by atoms with E-state index in [4.69, 9.17) is 5.73 Å². The molecule has 18 heavy (non-hydrogen) atoms. The predicted molar refractivity (Wildman–Crippen MR) is 75.3 cm³/mol. The normalized spacial score (nSPS) is 13.0. The third kappa shape index (κ3) is 2.31. The van der Waals surface area contributed by atoms with E-state index in [1.54, 1.807) is 0 Å². The van der Waals surface area contributed by atoms with Gasteiger partial charge in [0.25, 0.3) is 0 Å². The van der Waals surface area contributed by atoms with E-state index < -0.39 is 0 Å². The van der Waals surface area contributed by atoms with Gasteiger partial charge in [-0.05, 0) is 24.0 Å². The Hall–Kier alpha value is -1.61. The van der Waals surface area contributed by atoms with Crippen LogP contribution in [0.2, 0.25) is 0 Å². The maximum Gasteiger partial charge on any atom is 0.0728 e. The molecule has 1 atom stereocenters. The number of aryl methyl sites for hydroxylation is 1. The van der Waals surface area contributed by atoms with Crippen molar-refractivity contribution in [3.05, 3.63) is 41.7 Å². The smallest absolute Gasteiger partial charge is 0.0728 e. The minimum atomic E-state index is 0.0291. The quantitative estimate of drug-likeness (QED) is 0.899. The van der Waals surface area contributed by atoms with Crippen LogP contribution < -0.4 is 5.73 Å². The Morgan fingerprint density at radius 3 is 2.39 bits per heavy atom. The minimum absolute atomic E-state index is 0.0291. The molecule has 0 aliphatic heterocycles. The van der Waals surface area contributed by atoms with Gasteiger partial charge in [0.1, 0.15) is 0 Å². The molecule has 0 saturated heterocycles. The largest absolute Gasteiger partial charge is 0.324 e. The van der Waals surface area contributed by atoms with Crippen LogP contribution in [0.4, 0.5) is 0 Å². The lowest BCUT2D eigenvalue weighted by Crippen LogP contribution is -2.06. The van der Waals surface area contributed by atoms with Gasteiger partial charge >= 0.3 is 0 Å². The summed E-state index contributed by atoms with van der Waals surface area (Å²) in [5, 5.41) is 4.56. The molecule has 0 aliphatic carbocycles. The molecule has 1 heterocycles. The first-order valence-corrected chi connectivity index (χ1v) is 6.39. The van der Waals surface area contributed by atoms with E-state index in [0.29, 0.717) is 5.92 Å². The van der Waals surface area contributed by atoms with Crippen molar-refractivity contribution < 1.29 is 0 Å². The fraction of sp³-hybridized carbons (Fsp3) is 0.400. The molecule has 0 saturated carbocycles. The van der Waals surface area contributed by atoms with Crippen LogP contribution in [0.5, 0.6) is 0 Å². The van der Waals surface area contributed by atoms with Gasteiger partial charge in [0, 0.05) is 24.8 Å². The molecular formula is C15H21N3. The summed E-state index contributed by atoms with van der Waals surface area (Å²) in [7, 11) is 1.96. The topological polar surface area (TPSA) is 43.8 Å². The van der Waals surface area contributed by atoms with Crippen molar-refractivity contribution in [2.45, 2.75) is 32.7 Å². The average Bonchev–Trinajstić information content (AvgIpc) is 2.71. The Morgan fingerprint density at radius 1 is 1.11 bits per heavy atom. The van der Waals surface area contributed by atoms with E-state index in [-0.39, 0.29) is 6.04 Å². The molecule has 0 fully saturated rings. The van der Waals surface area contributed by atoms with Gasteiger partial charge in [0.05, 0.1) is 5.69 Å². The summed E-state index contributed by atoms with van der Waals surface area (Å²) >= 11 is 0. The molecule has 3 heteroatoms. The molecule has 3 nitrogen and oxygen atoms in total. The molecule has 1 aromatic carbocycles. The highest BCUT2D eigenvalue weighted by Gasteiger charge is 2.16. The molecule has 0 spiro atoms. The third-order valence-electron chi connectivity index (χ3n) is 3.15. The summed E-state index contributed by atoms with van der Waals surface area (Å²) in [5.41, 5.74) is 10.8. The van der Waals surface area contributed by atoms with Gasteiger partial charge in [0.2, 0.25) is 0 Å². The molecule has 0 radical (unpaired) electrons. The molecule has 0 amide bonds. The zero-order valence-electron chi connectivity index (χ0n) is 11.5. The second kappa shape index (κ2) is 4.94. The summed E-state index contributed by atoms with van der Waals surface area (Å²) in [4.78, 5) is 0. The van der Waals surface area contributed by atoms with Gasteiger partial charge in [-0.3, -0.25) is 4.68 Å². The molecular weight excluding hydrogens is 222 g/mol. The standard InChI is InChI=1S/C15H21N3/c1-10(2)15-14(9-18(4)17-15)13-8-6-5-7-12(13)11(3)16/h5-11H,16H2,1-4H3. The van der Waals surface area contributed by atoms with E-state index >= 15 is 0 Å². The van der Waals surface area contributed by atoms with Crippen molar-refractivity contribution in [1.82, 2.24) is 9.78 Å². The van der Waals surface area contributed by atoms with Crippen LogP contribution in [0.3, 0.4) is 0 Å². The first kappa shape index (κ1) is 12.8. The van der Waals surface area contributed by atoms with Crippen LogP contribution in [-0.2, 0) is 7.05 Å². The van der Waals surface area contributed by atoms with Crippen molar-refractivity contribution in [1.29, 1.82) is 0 Å². The molecule has 2 rings (SSSR count). The second-order valence-electron chi connectivity index (χ2n) is 5.13. The number of hydrogen-bond acceptors (Lipinski definition) is 2. The van der Waals surface area contributed by atoms with E-state index in [1.165, 1.54) is 16.7 Å². The summed E-state index contributed by atoms with van der Waals surface area (Å²) in [6, 6.07) is 8.34. The summed E-state index contributed by atoms with van der Waals surface area (Å²) in [5.74, 6) is 0.405. The predicted octanol–water partition coefficient (Wildman–Crippen LogP) is 3.23. The van der Waals surface area contributed by atoms with Crippen LogP contribution in [0.1, 0.15) is 44.0 Å². The summed E-state index contributed by atoms with van der Waals surface area (Å²) < 4.78 is 1.88. The van der Waals surface area contributed by atoms with Crippen molar-refractivity contribution in [2.24, 2.45) is 12.8 Å². The minimum Gasteiger partial charge on any atom is -0.324 e. The number of nitrogens with two attached hydrogens (primary N) is 1. The molecule has 2 N–H and O–H groups in total. The summed E-state index contributed by atoms with van der Waals surface area (Å²) in [6.07, 6.45) is 2.08. The highest BCUT2D eigenvalue weighted by Crippen LogP contribution is 2.32. The van der Waals surface area contributed by atoms with Crippen molar-refractivity contribution >= 4 is 0 Å². The number of aromatic nitrogens is 2. The Labute approximate surface area is 109 Å². The summed E-state index contributed by atoms with van der Waals surface area (Å²) in [6.45, 7) is 6.35. The van der Waals surface area contributed by atoms with Gasteiger partial charge in [0.15, 0.2) is 0 Å². The zero-order valence-corrected chi connectivity index (χ0v) is 11.5. The van der Waals surface area contributed by atoms with Crippen LogP contribution >= 0.6 is 0 Å². The number of nitrogens with zero attached hydrogens (tertiary/aromatic N) is 2. The lowest BCUT2D eigenvalue weighted by Gasteiger charge is -2.13. The molecule has 0 bridgehead atoms. The fourth-order valence-corrected chi connectivity index (χ4v) is 2.28. The molecule has 0 aliphatic rings. The lowest BCUT2D eigenvalue weighted by molar-refractivity contribution is 0.713. The zero-order chi connectivity index (χ0) is 13.3. The Kier molecular flexibility index (Phi) is 3.53. The van der Waals surface area contributed by atoms with Gasteiger partial charge < -0.3 is 5.73 Å². The molecule has 2 aromatic rings. The van der Waals surface area contributed by atoms with Gasteiger partial charge in [-0.25, -0.2) is 0 Å². The first-order valence-electron chi connectivity index (χ1n) is 6.39. The van der Waals surface area contributed by atoms with E-state index in [9.17, 15) is 0 Å². The average molecular weight is 243 g/mol. The SMILES string of the molecule is CC(C)c1nn(C)cc1-c1ccccc1C(C)N. The lowest BCUT2D eigenvalue weighted by atomic mass is 9.93. The molecule has 1 unspecified atom stereocenters. The maximum atomic E-state index is 6.06. The fourth-order valence-electron chi connectivity index (χ4n) is 2.28. The van der Waals surface area contributed by atoms with Crippen LogP contribution in [0.15, 0.2) is 30.5 Å². The second-order valence-corrected chi connectivity index (χ2v) is 5.13. The highest BCUT2D eigenvalue weighted by molar-refractivity contribution is 5.70. The Morgan fingerprint density at radius 2 is 1.78 bits per heavy atom. The third-order valence-corrected chi connectivity index (χ3v) is 3.15. The van der Waals surface area contributed by atoms with E-state index in [0.717, 1.165) is 5.69 Å². The van der Waals surface area contributed by atoms with Gasteiger partial charge in [-0.15, -0.1) is 0 Å². The van der Waals surface area contributed by atoms with Gasteiger partial charge in [-0.1, -0.05) is 38.1 Å². The van der Waals surface area contributed by atoms with Crippen molar-refractivity contribution in [3.63, 3.8) is 0 Å². The van der Waals surface area contributed by atoms with Crippen molar-refractivity contribution in [2.75, 3.05) is 0 Å². The van der Waals surface area contributed by atoms with Crippen LogP contribution in [0, 0.1) is 0 Å².